The Balaban J connectivity index is 2.54. The molecule has 0 heterocycles. The Hall–Kier alpha value is -2.49. The monoisotopic (exact) mass is 286 g/mol. The van der Waals surface area contributed by atoms with Crippen molar-refractivity contribution in [2.45, 2.75) is 13.8 Å². The molecule has 0 saturated heterocycles. The minimum Gasteiger partial charge on any atom is -0.507 e. The maximum atomic E-state index is 11.4. The van der Waals surface area contributed by atoms with Crippen LogP contribution < -0.4 is 0 Å². The molecule has 4 nitrogen and oxygen atoms in total. The number of esters is 1. The van der Waals surface area contributed by atoms with Gasteiger partial charge in [-0.05, 0) is 13.8 Å². The van der Waals surface area contributed by atoms with Crippen LogP contribution in [0.4, 0.5) is 0 Å². The van der Waals surface area contributed by atoms with Crippen molar-refractivity contribution in [2.24, 2.45) is 5.92 Å². The van der Waals surface area contributed by atoms with Gasteiger partial charge in [0.1, 0.15) is 11.5 Å². The maximum Gasteiger partial charge on any atom is 0.312 e. The van der Waals surface area contributed by atoms with Crippen molar-refractivity contribution < 1.29 is 19.7 Å². The van der Waals surface area contributed by atoms with Crippen LogP contribution >= 0.6 is 0 Å². The van der Waals surface area contributed by atoms with Crippen LogP contribution in [0, 0.1) is 12.8 Å². The van der Waals surface area contributed by atoms with Crippen molar-refractivity contribution in [3.63, 3.8) is 0 Å². The van der Waals surface area contributed by atoms with Gasteiger partial charge in [-0.2, -0.15) is 0 Å². The van der Waals surface area contributed by atoms with Gasteiger partial charge in [-0.25, -0.2) is 0 Å². The summed E-state index contributed by atoms with van der Waals surface area (Å²) in [7, 11) is 1.33. The molecule has 2 N–H and O–H groups in total. The van der Waals surface area contributed by atoms with Crippen LogP contribution in [0.2, 0.25) is 0 Å². The van der Waals surface area contributed by atoms with E-state index in [-0.39, 0.29) is 17.5 Å². The zero-order valence-corrected chi connectivity index (χ0v) is 12.3. The van der Waals surface area contributed by atoms with Gasteiger partial charge < -0.3 is 14.9 Å². The molecule has 0 aliphatic carbocycles. The van der Waals surface area contributed by atoms with E-state index in [1.54, 1.807) is 50.3 Å². The third-order valence-corrected chi connectivity index (χ3v) is 3.58. The summed E-state index contributed by atoms with van der Waals surface area (Å²) in [6.07, 6.45) is 3.28. The van der Waals surface area contributed by atoms with Crippen LogP contribution in [0.1, 0.15) is 18.1 Å². The Morgan fingerprint density at radius 2 is 1.76 bits per heavy atom. The maximum absolute atomic E-state index is 11.4. The van der Waals surface area contributed by atoms with Crippen LogP contribution in [0.3, 0.4) is 0 Å². The molecule has 0 fully saturated rings. The Bertz CT molecular complexity index is 716. The van der Waals surface area contributed by atoms with E-state index in [2.05, 4.69) is 4.74 Å². The van der Waals surface area contributed by atoms with Gasteiger partial charge in [-0.3, -0.25) is 4.79 Å². The number of aromatic hydroxyl groups is 2. The minimum atomic E-state index is -0.428. The van der Waals surface area contributed by atoms with Crippen molar-refractivity contribution in [3.8, 4) is 11.5 Å². The lowest BCUT2D eigenvalue weighted by Crippen LogP contribution is -2.09. The van der Waals surface area contributed by atoms with Gasteiger partial charge in [-0.1, -0.05) is 36.4 Å². The smallest absolute Gasteiger partial charge is 0.312 e. The largest absolute Gasteiger partial charge is 0.507 e. The summed E-state index contributed by atoms with van der Waals surface area (Å²) in [5.74, 6) is -0.557. The first kappa shape index (κ1) is 14.9. The molecule has 2 aromatic rings. The minimum absolute atomic E-state index is 0.0919. The SMILES string of the molecule is COC(=O)C(C)/C=C/c1c(C)c(O)c2ccccc2c1O. The number of hydrogen-bond acceptors (Lipinski definition) is 4. The van der Waals surface area contributed by atoms with Crippen molar-refractivity contribution in [2.75, 3.05) is 7.11 Å². The number of rotatable bonds is 3. The van der Waals surface area contributed by atoms with E-state index >= 15 is 0 Å². The molecule has 0 radical (unpaired) electrons. The Morgan fingerprint density at radius 1 is 1.19 bits per heavy atom. The fourth-order valence-electron chi connectivity index (χ4n) is 2.26. The molecule has 21 heavy (non-hydrogen) atoms. The van der Waals surface area contributed by atoms with Crippen LogP contribution in [0.15, 0.2) is 30.3 Å². The molecule has 4 heteroatoms. The highest BCUT2D eigenvalue weighted by molar-refractivity contribution is 5.97. The van der Waals surface area contributed by atoms with Crippen molar-refractivity contribution >= 4 is 22.8 Å². The number of ether oxygens (including phenoxy) is 1. The molecule has 0 amide bonds. The topological polar surface area (TPSA) is 66.8 Å². The highest BCUT2D eigenvalue weighted by Crippen LogP contribution is 2.39. The molecule has 0 aliphatic heterocycles. The van der Waals surface area contributed by atoms with E-state index < -0.39 is 5.92 Å². The molecule has 0 spiro atoms. The van der Waals surface area contributed by atoms with Gasteiger partial charge >= 0.3 is 5.97 Å². The van der Waals surface area contributed by atoms with Crippen LogP contribution in [0.5, 0.6) is 11.5 Å². The summed E-state index contributed by atoms with van der Waals surface area (Å²) in [4.78, 5) is 11.4. The molecule has 2 aromatic carbocycles. The summed E-state index contributed by atoms with van der Waals surface area (Å²) in [5, 5.41) is 21.8. The lowest BCUT2D eigenvalue weighted by Gasteiger charge is -2.12. The van der Waals surface area contributed by atoms with E-state index in [1.165, 1.54) is 7.11 Å². The third kappa shape index (κ3) is 2.70. The zero-order chi connectivity index (χ0) is 15.6. The fourth-order valence-corrected chi connectivity index (χ4v) is 2.26. The summed E-state index contributed by atoms with van der Waals surface area (Å²) in [6, 6.07) is 7.09. The number of phenols is 2. The van der Waals surface area contributed by atoms with Gasteiger partial charge in [0, 0.05) is 21.9 Å². The second-order valence-electron chi connectivity index (χ2n) is 4.95. The first-order valence-electron chi connectivity index (χ1n) is 6.66. The number of methoxy groups -OCH3 is 1. The quantitative estimate of drug-likeness (QED) is 0.670. The summed E-state index contributed by atoms with van der Waals surface area (Å²) in [5.41, 5.74) is 1.07. The molecule has 1 atom stereocenters. The molecule has 0 saturated carbocycles. The number of hydrogen-bond donors (Lipinski definition) is 2. The highest BCUT2D eigenvalue weighted by Gasteiger charge is 2.15. The zero-order valence-electron chi connectivity index (χ0n) is 12.3. The van der Waals surface area contributed by atoms with Gasteiger partial charge in [0.25, 0.3) is 0 Å². The van der Waals surface area contributed by atoms with E-state index in [1.807, 2.05) is 0 Å². The van der Waals surface area contributed by atoms with Crippen molar-refractivity contribution in [1.29, 1.82) is 0 Å². The van der Waals surface area contributed by atoms with Crippen molar-refractivity contribution in [1.82, 2.24) is 0 Å². The number of fused-ring (bicyclic) bond motifs is 1. The predicted octanol–water partition coefficient (Wildman–Crippen LogP) is 3.38. The van der Waals surface area contributed by atoms with Gasteiger partial charge in [-0.15, -0.1) is 0 Å². The lowest BCUT2D eigenvalue weighted by atomic mass is 9.97. The Morgan fingerprint density at radius 3 is 2.33 bits per heavy atom. The number of carbonyl (C=O) groups excluding carboxylic acids is 1. The first-order chi connectivity index (χ1) is 9.97. The first-order valence-corrected chi connectivity index (χ1v) is 6.66. The average molecular weight is 286 g/mol. The second kappa shape index (κ2) is 5.87. The summed E-state index contributed by atoms with van der Waals surface area (Å²) < 4.78 is 4.65. The second-order valence-corrected chi connectivity index (χ2v) is 4.95. The summed E-state index contributed by atoms with van der Waals surface area (Å²) >= 11 is 0. The highest BCUT2D eigenvalue weighted by atomic mass is 16.5. The van der Waals surface area contributed by atoms with Gasteiger partial charge in [0.15, 0.2) is 0 Å². The number of carbonyl (C=O) groups is 1. The van der Waals surface area contributed by atoms with E-state index in [0.717, 1.165) is 0 Å². The molecule has 110 valence electrons. The van der Waals surface area contributed by atoms with E-state index in [9.17, 15) is 15.0 Å². The Kier molecular flexibility index (Phi) is 4.17. The standard InChI is InChI=1S/C17H18O4/c1-10(17(20)21-3)8-9-12-11(2)15(18)13-6-4-5-7-14(13)16(12)19/h4-10,18-19H,1-3H3/b9-8+. The molecule has 0 aliphatic rings. The summed E-state index contributed by atoms with van der Waals surface area (Å²) in [6.45, 7) is 3.43. The average Bonchev–Trinajstić information content (AvgIpc) is 2.51. The molecular formula is C17H18O4. The molecule has 1 unspecified atom stereocenters. The Labute approximate surface area is 123 Å². The van der Waals surface area contributed by atoms with Crippen LogP contribution in [-0.4, -0.2) is 23.3 Å². The molecular weight excluding hydrogens is 268 g/mol. The van der Waals surface area contributed by atoms with Gasteiger partial charge in [0.2, 0.25) is 0 Å². The number of benzene rings is 2. The lowest BCUT2D eigenvalue weighted by molar-refractivity contribution is -0.143. The predicted molar refractivity (Wildman–Crippen MR) is 82.2 cm³/mol. The van der Waals surface area contributed by atoms with Gasteiger partial charge in [0.05, 0.1) is 13.0 Å². The van der Waals surface area contributed by atoms with Crippen LogP contribution in [0.25, 0.3) is 16.8 Å². The molecule has 0 aromatic heterocycles. The number of phenolic OH excluding ortho intramolecular Hbond substituents is 2. The fraction of sp³-hybridized carbons (Fsp3) is 0.235. The normalized spacial score (nSPS) is 12.7. The molecule has 0 bridgehead atoms. The molecule has 2 rings (SSSR count). The van der Waals surface area contributed by atoms with Crippen molar-refractivity contribution in [3.05, 3.63) is 41.5 Å². The van der Waals surface area contributed by atoms with Crippen LogP contribution in [-0.2, 0) is 9.53 Å². The van der Waals surface area contributed by atoms with E-state index in [4.69, 9.17) is 0 Å². The third-order valence-electron chi connectivity index (χ3n) is 3.58. The van der Waals surface area contributed by atoms with E-state index in [0.29, 0.717) is 21.9 Å².